The Bertz CT molecular complexity index is 883. The van der Waals surface area contributed by atoms with Crippen LogP contribution in [0.3, 0.4) is 0 Å². The van der Waals surface area contributed by atoms with E-state index in [4.69, 9.17) is 0 Å². The highest BCUT2D eigenvalue weighted by Crippen LogP contribution is 2.28. The van der Waals surface area contributed by atoms with Crippen LogP contribution in [0, 0.1) is 0 Å². The number of nitrogens with zero attached hydrogens (tertiary/aromatic N) is 4. The fourth-order valence-corrected chi connectivity index (χ4v) is 3.12. The topological polar surface area (TPSA) is 68.1 Å². The van der Waals surface area contributed by atoms with E-state index in [2.05, 4.69) is 10.1 Å². The molecule has 0 aliphatic heterocycles. The first-order chi connectivity index (χ1) is 11.1. The maximum Gasteiger partial charge on any atom is 0.280 e. The average molecular weight is 328 g/mol. The minimum atomic E-state index is -0.283. The summed E-state index contributed by atoms with van der Waals surface area (Å²) in [6.07, 6.45) is 0.776. The second kappa shape index (κ2) is 6.29. The van der Waals surface area contributed by atoms with Gasteiger partial charge in [0.2, 0.25) is 0 Å². The highest BCUT2D eigenvalue weighted by Gasteiger charge is 2.19. The first kappa shape index (κ1) is 15.4. The highest BCUT2D eigenvalue weighted by atomic mass is 32.1. The van der Waals surface area contributed by atoms with Crippen molar-refractivity contribution in [1.82, 2.24) is 14.8 Å². The molecule has 1 aromatic carbocycles. The van der Waals surface area contributed by atoms with Gasteiger partial charge in [0.1, 0.15) is 5.69 Å². The van der Waals surface area contributed by atoms with Crippen molar-refractivity contribution in [3.63, 3.8) is 0 Å². The number of carbonyl (C=O) groups excluding carboxylic acids is 1. The van der Waals surface area contributed by atoms with E-state index in [1.807, 2.05) is 31.2 Å². The maximum atomic E-state index is 12.6. The average Bonchev–Trinajstić information content (AvgIpc) is 3.00. The second-order valence-corrected chi connectivity index (χ2v) is 6.12. The molecule has 0 bridgehead atoms. The number of rotatable bonds is 4. The quantitative estimate of drug-likeness (QED) is 0.738. The normalized spacial score (nSPS) is 10.9. The Morgan fingerprint density at radius 1 is 1.26 bits per heavy atom. The molecule has 0 aliphatic rings. The van der Waals surface area contributed by atoms with Crippen molar-refractivity contribution < 1.29 is 4.79 Å². The zero-order valence-corrected chi connectivity index (χ0v) is 13.7. The van der Waals surface area contributed by atoms with Gasteiger partial charge in [0.05, 0.1) is 10.2 Å². The number of aromatic nitrogens is 3. The molecule has 1 amide bonds. The number of para-hydroxylation sites is 1. The van der Waals surface area contributed by atoms with Crippen molar-refractivity contribution in [2.24, 2.45) is 0 Å². The van der Waals surface area contributed by atoms with Crippen molar-refractivity contribution in [3.8, 4) is 0 Å². The number of fused-ring (bicyclic) bond motifs is 1. The molecule has 3 aromatic rings. The number of hydrogen-bond acceptors (Lipinski definition) is 5. The zero-order valence-electron chi connectivity index (χ0n) is 12.9. The van der Waals surface area contributed by atoms with Crippen molar-refractivity contribution >= 4 is 32.6 Å². The Labute approximate surface area is 137 Å². The summed E-state index contributed by atoms with van der Waals surface area (Å²) in [5.41, 5.74) is 0.891. The SMILES string of the molecule is CCCn1nc(C(=O)N(C)c2nc3ccccc3s2)ccc1=O. The Morgan fingerprint density at radius 3 is 2.78 bits per heavy atom. The number of carbonyl (C=O) groups is 1. The van der Waals surface area contributed by atoms with Crippen molar-refractivity contribution in [2.75, 3.05) is 11.9 Å². The van der Waals surface area contributed by atoms with Crippen LogP contribution in [0.15, 0.2) is 41.2 Å². The van der Waals surface area contributed by atoms with Crippen LogP contribution in [0.1, 0.15) is 23.8 Å². The van der Waals surface area contributed by atoms with Crippen LogP contribution in [0.5, 0.6) is 0 Å². The molecule has 0 saturated heterocycles. The lowest BCUT2D eigenvalue weighted by Gasteiger charge is -2.13. The van der Waals surface area contributed by atoms with Gasteiger partial charge in [0.25, 0.3) is 11.5 Å². The van der Waals surface area contributed by atoms with E-state index in [1.54, 1.807) is 7.05 Å². The Morgan fingerprint density at radius 2 is 2.04 bits per heavy atom. The smallest absolute Gasteiger partial charge is 0.280 e. The maximum absolute atomic E-state index is 12.6. The van der Waals surface area contributed by atoms with Gasteiger partial charge in [0, 0.05) is 19.7 Å². The number of hydrogen-bond donors (Lipinski definition) is 0. The van der Waals surface area contributed by atoms with Crippen molar-refractivity contribution in [2.45, 2.75) is 19.9 Å². The number of amides is 1. The number of anilines is 1. The van der Waals surface area contributed by atoms with Crippen LogP contribution in [-0.2, 0) is 6.54 Å². The van der Waals surface area contributed by atoms with E-state index in [1.165, 1.54) is 33.1 Å². The van der Waals surface area contributed by atoms with E-state index < -0.39 is 0 Å². The molecule has 0 spiro atoms. The lowest BCUT2D eigenvalue weighted by Crippen LogP contribution is -2.31. The molecule has 2 heterocycles. The molecule has 118 valence electrons. The molecule has 6 nitrogen and oxygen atoms in total. The van der Waals surface area contributed by atoms with Gasteiger partial charge in [-0.05, 0) is 24.6 Å². The summed E-state index contributed by atoms with van der Waals surface area (Å²) in [4.78, 5) is 30.2. The summed E-state index contributed by atoms with van der Waals surface area (Å²) in [5.74, 6) is -0.283. The van der Waals surface area contributed by atoms with Crippen molar-refractivity contribution in [3.05, 3.63) is 52.4 Å². The molecule has 0 unspecified atom stereocenters. The van der Waals surface area contributed by atoms with Gasteiger partial charge >= 0.3 is 0 Å². The van der Waals surface area contributed by atoms with Gasteiger partial charge in [-0.2, -0.15) is 5.10 Å². The number of thiazole rings is 1. The monoisotopic (exact) mass is 328 g/mol. The minimum Gasteiger partial charge on any atom is -0.286 e. The molecule has 0 atom stereocenters. The van der Waals surface area contributed by atoms with Gasteiger partial charge in [-0.25, -0.2) is 9.67 Å². The van der Waals surface area contributed by atoms with Gasteiger partial charge in [-0.3, -0.25) is 14.5 Å². The fourth-order valence-electron chi connectivity index (χ4n) is 2.20. The summed E-state index contributed by atoms with van der Waals surface area (Å²) < 4.78 is 2.34. The van der Waals surface area contributed by atoms with Gasteiger partial charge in [0.15, 0.2) is 5.13 Å². The third-order valence-corrected chi connectivity index (χ3v) is 4.51. The second-order valence-electron chi connectivity index (χ2n) is 5.11. The zero-order chi connectivity index (χ0) is 16.4. The largest absolute Gasteiger partial charge is 0.286 e. The van der Waals surface area contributed by atoms with E-state index in [0.29, 0.717) is 11.7 Å². The summed E-state index contributed by atoms with van der Waals surface area (Å²) >= 11 is 1.44. The van der Waals surface area contributed by atoms with E-state index >= 15 is 0 Å². The predicted octanol–water partition coefficient (Wildman–Crippen LogP) is 2.54. The molecule has 0 radical (unpaired) electrons. The third kappa shape index (κ3) is 3.00. The predicted molar refractivity (Wildman–Crippen MR) is 91.1 cm³/mol. The van der Waals surface area contributed by atoms with E-state index in [-0.39, 0.29) is 17.2 Å². The molecule has 7 heteroatoms. The first-order valence-electron chi connectivity index (χ1n) is 7.32. The molecule has 0 saturated carbocycles. The van der Waals surface area contributed by atoms with Gasteiger partial charge in [-0.15, -0.1) is 0 Å². The van der Waals surface area contributed by atoms with Gasteiger partial charge in [-0.1, -0.05) is 30.4 Å². The molecule has 2 aromatic heterocycles. The molecular formula is C16H16N4O2S. The number of benzene rings is 1. The van der Waals surface area contributed by atoms with Crippen LogP contribution in [0.2, 0.25) is 0 Å². The Balaban J connectivity index is 1.92. The van der Waals surface area contributed by atoms with E-state index in [0.717, 1.165) is 16.6 Å². The summed E-state index contributed by atoms with van der Waals surface area (Å²) in [6.45, 7) is 2.45. The summed E-state index contributed by atoms with van der Waals surface area (Å²) in [6, 6.07) is 10.6. The van der Waals surface area contributed by atoms with E-state index in [9.17, 15) is 9.59 Å². The molecule has 3 rings (SSSR count). The fraction of sp³-hybridized carbons (Fsp3) is 0.250. The molecule has 0 aliphatic carbocycles. The minimum absolute atomic E-state index is 0.203. The molecule has 0 N–H and O–H groups in total. The molecular weight excluding hydrogens is 312 g/mol. The molecule has 23 heavy (non-hydrogen) atoms. The van der Waals surface area contributed by atoms with Crippen LogP contribution < -0.4 is 10.5 Å². The van der Waals surface area contributed by atoms with Crippen LogP contribution in [-0.4, -0.2) is 27.7 Å². The summed E-state index contributed by atoms with van der Waals surface area (Å²) in [5, 5.41) is 4.76. The Kier molecular flexibility index (Phi) is 4.20. The lowest BCUT2D eigenvalue weighted by atomic mass is 10.3. The van der Waals surface area contributed by atoms with Crippen molar-refractivity contribution in [1.29, 1.82) is 0 Å². The third-order valence-electron chi connectivity index (χ3n) is 3.40. The highest BCUT2D eigenvalue weighted by molar-refractivity contribution is 7.22. The van der Waals surface area contributed by atoms with Gasteiger partial charge < -0.3 is 0 Å². The van der Waals surface area contributed by atoms with Crippen LogP contribution in [0.25, 0.3) is 10.2 Å². The lowest BCUT2D eigenvalue weighted by molar-refractivity contribution is 0.0985. The van der Waals surface area contributed by atoms with Crippen LogP contribution >= 0.6 is 11.3 Å². The summed E-state index contributed by atoms with van der Waals surface area (Å²) in [7, 11) is 1.66. The number of aryl methyl sites for hydroxylation is 1. The Hall–Kier alpha value is -2.54. The molecule has 0 fully saturated rings. The van der Waals surface area contributed by atoms with Crippen LogP contribution in [0.4, 0.5) is 5.13 Å². The standard InChI is InChI=1S/C16H16N4O2S/c1-3-10-20-14(21)9-8-12(18-20)15(22)19(2)16-17-11-6-4-5-7-13(11)23-16/h4-9H,3,10H2,1-2H3. The first-order valence-corrected chi connectivity index (χ1v) is 8.13.